The summed E-state index contributed by atoms with van der Waals surface area (Å²) in [6, 6.07) is 11.4. The SMILES string of the molecule is Cc1cccc(OCC(=O)N2CCCN(C(=O)c3cccs3)CC2)c1. The topological polar surface area (TPSA) is 49.9 Å². The first kappa shape index (κ1) is 17.5. The van der Waals surface area contributed by atoms with Crippen LogP contribution in [0.5, 0.6) is 5.75 Å². The lowest BCUT2D eigenvalue weighted by Crippen LogP contribution is -2.39. The number of thiophene rings is 1. The molecular weight excluding hydrogens is 336 g/mol. The van der Waals surface area contributed by atoms with Crippen molar-refractivity contribution in [1.82, 2.24) is 9.80 Å². The molecule has 2 heterocycles. The van der Waals surface area contributed by atoms with Crippen molar-refractivity contribution in [3.05, 3.63) is 52.2 Å². The molecule has 132 valence electrons. The molecule has 5 nitrogen and oxygen atoms in total. The van der Waals surface area contributed by atoms with E-state index in [0.717, 1.165) is 16.9 Å². The van der Waals surface area contributed by atoms with Gasteiger partial charge >= 0.3 is 0 Å². The molecule has 2 amide bonds. The minimum atomic E-state index is -0.0353. The lowest BCUT2D eigenvalue weighted by Gasteiger charge is -2.22. The molecule has 25 heavy (non-hydrogen) atoms. The van der Waals surface area contributed by atoms with Crippen molar-refractivity contribution >= 4 is 23.2 Å². The molecule has 0 bridgehead atoms. The Morgan fingerprint density at radius 3 is 2.64 bits per heavy atom. The highest BCUT2D eigenvalue weighted by molar-refractivity contribution is 7.12. The molecule has 0 aliphatic carbocycles. The maximum Gasteiger partial charge on any atom is 0.263 e. The Hall–Kier alpha value is -2.34. The zero-order chi connectivity index (χ0) is 17.6. The molecule has 1 aliphatic rings. The quantitative estimate of drug-likeness (QED) is 0.844. The molecule has 0 radical (unpaired) electrons. The van der Waals surface area contributed by atoms with Crippen LogP contribution < -0.4 is 4.74 Å². The van der Waals surface area contributed by atoms with Crippen LogP contribution in [0.2, 0.25) is 0 Å². The Balaban J connectivity index is 1.52. The summed E-state index contributed by atoms with van der Waals surface area (Å²) in [4.78, 5) is 29.2. The van der Waals surface area contributed by atoms with Crippen molar-refractivity contribution in [2.75, 3.05) is 32.8 Å². The van der Waals surface area contributed by atoms with Crippen LogP contribution in [0.25, 0.3) is 0 Å². The first-order chi connectivity index (χ1) is 12.1. The minimum absolute atomic E-state index is 0.0301. The van der Waals surface area contributed by atoms with E-state index in [1.54, 1.807) is 4.90 Å². The minimum Gasteiger partial charge on any atom is -0.484 e. The molecule has 1 aromatic heterocycles. The fraction of sp³-hybridized carbons (Fsp3) is 0.368. The molecule has 0 atom stereocenters. The maximum atomic E-state index is 12.4. The van der Waals surface area contributed by atoms with E-state index in [2.05, 4.69) is 0 Å². The Labute approximate surface area is 151 Å². The van der Waals surface area contributed by atoms with Crippen LogP contribution in [0.1, 0.15) is 21.7 Å². The standard InChI is InChI=1S/C19H22N2O3S/c1-15-5-2-6-16(13-15)24-14-18(22)20-8-4-9-21(11-10-20)19(23)17-7-3-12-25-17/h2-3,5-7,12-13H,4,8-11,14H2,1H3. The van der Waals surface area contributed by atoms with Gasteiger partial charge < -0.3 is 14.5 Å². The Kier molecular flexibility index (Phi) is 5.71. The molecule has 1 aliphatic heterocycles. The van der Waals surface area contributed by atoms with E-state index in [4.69, 9.17) is 4.74 Å². The van der Waals surface area contributed by atoms with Crippen LogP contribution in [0.15, 0.2) is 41.8 Å². The number of carbonyl (C=O) groups is 2. The summed E-state index contributed by atoms with van der Waals surface area (Å²) in [7, 11) is 0. The number of hydrogen-bond acceptors (Lipinski definition) is 4. The molecular formula is C19H22N2O3S. The van der Waals surface area contributed by atoms with Gasteiger partial charge in [-0.2, -0.15) is 0 Å². The number of aryl methyl sites for hydroxylation is 1. The molecule has 0 unspecified atom stereocenters. The summed E-state index contributed by atoms with van der Waals surface area (Å²) in [5.74, 6) is 0.727. The normalized spacial score (nSPS) is 14.9. The molecule has 1 fully saturated rings. The van der Waals surface area contributed by atoms with E-state index in [-0.39, 0.29) is 18.4 Å². The number of hydrogen-bond donors (Lipinski definition) is 0. The molecule has 0 spiro atoms. The van der Waals surface area contributed by atoms with Crippen LogP contribution in [0.4, 0.5) is 0 Å². The van der Waals surface area contributed by atoms with Crippen molar-refractivity contribution in [2.24, 2.45) is 0 Å². The Morgan fingerprint density at radius 2 is 1.88 bits per heavy atom. The van der Waals surface area contributed by atoms with Crippen LogP contribution in [-0.2, 0) is 4.79 Å². The molecule has 2 aromatic rings. The van der Waals surface area contributed by atoms with Crippen molar-refractivity contribution < 1.29 is 14.3 Å². The summed E-state index contributed by atoms with van der Waals surface area (Å²) in [5, 5.41) is 1.91. The number of amides is 2. The second-order valence-corrected chi connectivity index (χ2v) is 7.06. The van der Waals surface area contributed by atoms with Crippen LogP contribution in [-0.4, -0.2) is 54.4 Å². The molecule has 0 N–H and O–H groups in total. The predicted molar refractivity (Wildman–Crippen MR) is 98.1 cm³/mol. The van der Waals surface area contributed by atoms with Gasteiger partial charge in [0.05, 0.1) is 4.88 Å². The fourth-order valence-electron chi connectivity index (χ4n) is 2.87. The third-order valence-electron chi connectivity index (χ3n) is 4.22. The van der Waals surface area contributed by atoms with Gasteiger partial charge in [-0.05, 0) is 42.5 Å². The Bertz CT molecular complexity index is 730. The van der Waals surface area contributed by atoms with Gasteiger partial charge in [-0.1, -0.05) is 18.2 Å². The summed E-state index contributed by atoms with van der Waals surface area (Å²) in [6.45, 7) is 4.47. The van der Waals surface area contributed by atoms with Crippen molar-refractivity contribution in [3.8, 4) is 5.75 Å². The highest BCUT2D eigenvalue weighted by Crippen LogP contribution is 2.15. The Morgan fingerprint density at radius 1 is 1.08 bits per heavy atom. The highest BCUT2D eigenvalue weighted by atomic mass is 32.1. The fourth-order valence-corrected chi connectivity index (χ4v) is 3.56. The van der Waals surface area contributed by atoms with Gasteiger partial charge in [0, 0.05) is 26.2 Å². The van der Waals surface area contributed by atoms with E-state index in [0.29, 0.717) is 31.9 Å². The van der Waals surface area contributed by atoms with E-state index in [9.17, 15) is 9.59 Å². The van der Waals surface area contributed by atoms with Crippen molar-refractivity contribution in [1.29, 1.82) is 0 Å². The third kappa shape index (κ3) is 4.60. The molecule has 0 saturated carbocycles. The molecule has 6 heteroatoms. The van der Waals surface area contributed by atoms with E-state index < -0.39 is 0 Å². The largest absolute Gasteiger partial charge is 0.484 e. The number of benzene rings is 1. The van der Waals surface area contributed by atoms with Gasteiger partial charge in [-0.3, -0.25) is 9.59 Å². The lowest BCUT2D eigenvalue weighted by molar-refractivity contribution is -0.133. The number of carbonyl (C=O) groups excluding carboxylic acids is 2. The summed E-state index contributed by atoms with van der Waals surface area (Å²) in [5.41, 5.74) is 1.10. The third-order valence-corrected chi connectivity index (χ3v) is 5.08. The molecule has 3 rings (SSSR count). The average molecular weight is 358 g/mol. The van der Waals surface area contributed by atoms with Gasteiger partial charge in [0.15, 0.2) is 6.61 Å². The maximum absolute atomic E-state index is 12.4. The van der Waals surface area contributed by atoms with E-state index >= 15 is 0 Å². The summed E-state index contributed by atoms with van der Waals surface area (Å²) < 4.78 is 5.61. The smallest absolute Gasteiger partial charge is 0.263 e. The second kappa shape index (κ2) is 8.16. The lowest BCUT2D eigenvalue weighted by atomic mass is 10.2. The highest BCUT2D eigenvalue weighted by Gasteiger charge is 2.23. The van der Waals surface area contributed by atoms with Gasteiger partial charge in [0.1, 0.15) is 5.75 Å². The molecule has 1 saturated heterocycles. The van der Waals surface area contributed by atoms with Gasteiger partial charge in [-0.25, -0.2) is 0 Å². The van der Waals surface area contributed by atoms with Crippen molar-refractivity contribution in [2.45, 2.75) is 13.3 Å². The number of nitrogens with zero attached hydrogens (tertiary/aromatic N) is 2. The zero-order valence-electron chi connectivity index (χ0n) is 14.3. The summed E-state index contributed by atoms with van der Waals surface area (Å²) >= 11 is 1.45. The second-order valence-electron chi connectivity index (χ2n) is 6.11. The van der Waals surface area contributed by atoms with Crippen LogP contribution in [0.3, 0.4) is 0 Å². The van der Waals surface area contributed by atoms with Gasteiger partial charge in [0.25, 0.3) is 11.8 Å². The van der Waals surface area contributed by atoms with Crippen molar-refractivity contribution in [3.63, 3.8) is 0 Å². The predicted octanol–water partition coefficient (Wildman–Crippen LogP) is 2.81. The number of rotatable bonds is 4. The molecule has 1 aromatic carbocycles. The van der Waals surface area contributed by atoms with Gasteiger partial charge in [0.2, 0.25) is 0 Å². The monoisotopic (exact) mass is 358 g/mol. The average Bonchev–Trinajstić information content (AvgIpc) is 3.03. The summed E-state index contributed by atoms with van der Waals surface area (Å²) in [6.07, 6.45) is 0.785. The van der Waals surface area contributed by atoms with Crippen LogP contribution in [0, 0.1) is 6.92 Å². The van der Waals surface area contributed by atoms with E-state index in [1.807, 2.05) is 53.6 Å². The first-order valence-corrected chi connectivity index (χ1v) is 9.31. The first-order valence-electron chi connectivity index (χ1n) is 8.43. The van der Waals surface area contributed by atoms with Crippen LogP contribution >= 0.6 is 11.3 Å². The van der Waals surface area contributed by atoms with Gasteiger partial charge in [-0.15, -0.1) is 11.3 Å². The van der Waals surface area contributed by atoms with E-state index in [1.165, 1.54) is 11.3 Å². The number of ether oxygens (including phenoxy) is 1. The zero-order valence-corrected chi connectivity index (χ0v) is 15.1.